The van der Waals surface area contributed by atoms with Gasteiger partial charge in [0.15, 0.2) is 6.29 Å². The van der Waals surface area contributed by atoms with Crippen LogP contribution in [0, 0.1) is 5.41 Å². The Balaban J connectivity index is 1.81. The number of ether oxygens (including phenoxy) is 3. The number of nitrogens with zero attached hydrogens (tertiary/aromatic N) is 3. The summed E-state index contributed by atoms with van der Waals surface area (Å²) < 4.78 is 17.4. The predicted molar refractivity (Wildman–Crippen MR) is 99.6 cm³/mol. The van der Waals surface area contributed by atoms with Crippen LogP contribution < -0.4 is 0 Å². The van der Waals surface area contributed by atoms with Crippen molar-refractivity contribution >= 4 is 5.97 Å². The topological polar surface area (TPSA) is 177 Å². The number of aliphatic hydroxyl groups excluding tert-OH is 5. The van der Waals surface area contributed by atoms with Gasteiger partial charge in [0, 0.05) is 13.0 Å². The zero-order chi connectivity index (χ0) is 22.5. The molecule has 0 amide bonds. The van der Waals surface area contributed by atoms with Crippen LogP contribution in [-0.2, 0) is 32.2 Å². The summed E-state index contributed by atoms with van der Waals surface area (Å²) in [6, 6.07) is 0. The highest BCUT2D eigenvalue weighted by Crippen LogP contribution is 2.24. The minimum Gasteiger partial charge on any atom is -0.465 e. The number of esters is 1. The van der Waals surface area contributed by atoms with Crippen molar-refractivity contribution in [1.82, 2.24) is 15.0 Å². The number of carbonyl (C=O) groups is 1. The fraction of sp³-hybridized carbons (Fsp3) is 0.833. The molecule has 30 heavy (non-hydrogen) atoms. The molecular formula is C18H31N3O9. The second-order valence-corrected chi connectivity index (χ2v) is 8.21. The van der Waals surface area contributed by atoms with Gasteiger partial charge < -0.3 is 39.7 Å². The summed E-state index contributed by atoms with van der Waals surface area (Å²) in [5, 5.41) is 56.4. The molecule has 1 aliphatic rings. The second-order valence-electron chi connectivity index (χ2n) is 8.21. The van der Waals surface area contributed by atoms with Crippen molar-refractivity contribution in [3.8, 4) is 0 Å². The molecule has 0 saturated carbocycles. The Morgan fingerprint density at radius 3 is 2.60 bits per heavy atom. The van der Waals surface area contributed by atoms with Crippen LogP contribution in [0.4, 0.5) is 0 Å². The molecule has 0 unspecified atom stereocenters. The van der Waals surface area contributed by atoms with Crippen molar-refractivity contribution in [3.63, 3.8) is 0 Å². The number of hydrogen-bond donors (Lipinski definition) is 5. The van der Waals surface area contributed by atoms with E-state index >= 15 is 0 Å². The highest BCUT2D eigenvalue weighted by atomic mass is 16.7. The van der Waals surface area contributed by atoms with Crippen LogP contribution in [-0.4, -0.2) is 96.5 Å². The van der Waals surface area contributed by atoms with Crippen molar-refractivity contribution in [2.45, 2.75) is 77.2 Å². The van der Waals surface area contributed by atoms with Crippen molar-refractivity contribution < 1.29 is 44.5 Å². The van der Waals surface area contributed by atoms with Gasteiger partial charge in [-0.1, -0.05) is 5.21 Å². The monoisotopic (exact) mass is 433 g/mol. The molecule has 6 atom stereocenters. The van der Waals surface area contributed by atoms with E-state index in [1.54, 1.807) is 31.6 Å². The molecule has 1 aliphatic heterocycles. The van der Waals surface area contributed by atoms with Crippen molar-refractivity contribution in [1.29, 1.82) is 0 Å². The van der Waals surface area contributed by atoms with Gasteiger partial charge in [-0.15, -0.1) is 5.10 Å². The van der Waals surface area contributed by atoms with E-state index in [-0.39, 0.29) is 19.2 Å². The number of aliphatic hydroxyl groups is 5. The summed E-state index contributed by atoms with van der Waals surface area (Å²) in [5.41, 5.74) is -0.142. The van der Waals surface area contributed by atoms with E-state index < -0.39 is 48.8 Å². The third kappa shape index (κ3) is 6.41. The van der Waals surface area contributed by atoms with Crippen LogP contribution in [0.1, 0.15) is 32.9 Å². The quantitative estimate of drug-likeness (QED) is 0.214. The maximum Gasteiger partial charge on any atom is 0.311 e. The fourth-order valence-corrected chi connectivity index (χ4v) is 2.72. The van der Waals surface area contributed by atoms with Gasteiger partial charge in [0.25, 0.3) is 0 Å². The molecule has 2 heterocycles. The highest BCUT2D eigenvalue weighted by Gasteiger charge is 2.46. The Bertz CT molecular complexity index is 678. The Morgan fingerprint density at radius 2 is 1.97 bits per heavy atom. The van der Waals surface area contributed by atoms with Crippen LogP contribution in [0.5, 0.6) is 0 Å². The Labute approximate surface area is 174 Å². The first-order chi connectivity index (χ1) is 14.0. The van der Waals surface area contributed by atoms with Crippen LogP contribution in [0.3, 0.4) is 0 Å². The SMILES string of the molecule is CC(C)(C)C(=O)OCCCn1cc(CO[C@H]2O[C@H]([C@@H](O)CO)[C@@H](O)[C@H](O)[C@@H]2O)nn1. The summed E-state index contributed by atoms with van der Waals surface area (Å²) in [6.45, 7) is 5.22. The lowest BCUT2D eigenvalue weighted by Crippen LogP contribution is -2.61. The molecule has 1 aromatic heterocycles. The van der Waals surface area contributed by atoms with Crippen LogP contribution >= 0.6 is 0 Å². The molecule has 0 bridgehead atoms. The Morgan fingerprint density at radius 1 is 1.27 bits per heavy atom. The number of carbonyl (C=O) groups excluding carboxylic acids is 1. The number of rotatable bonds is 9. The van der Waals surface area contributed by atoms with Gasteiger partial charge in [-0.25, -0.2) is 0 Å². The molecule has 1 saturated heterocycles. The molecule has 5 N–H and O–H groups in total. The van der Waals surface area contributed by atoms with E-state index in [1.807, 2.05) is 0 Å². The molecule has 0 aliphatic carbocycles. The molecular weight excluding hydrogens is 402 g/mol. The van der Waals surface area contributed by atoms with Crippen LogP contribution in [0.25, 0.3) is 0 Å². The molecule has 172 valence electrons. The van der Waals surface area contributed by atoms with E-state index in [0.717, 1.165) is 0 Å². The van der Waals surface area contributed by atoms with Crippen LogP contribution in [0.15, 0.2) is 6.20 Å². The first-order valence-electron chi connectivity index (χ1n) is 9.71. The minimum atomic E-state index is -1.62. The standard InChI is InChI=1S/C18H31N3O9/c1-18(2,3)17(27)28-6-4-5-21-7-10(19-20-21)9-29-16-14(26)12(24)13(25)15(30-16)11(23)8-22/h7,11-16,22-26H,4-6,8-9H2,1-3H3/t11-,12-,13-,14-,15+,16-/m0/s1. The summed E-state index contributed by atoms with van der Waals surface area (Å²) in [7, 11) is 0. The predicted octanol–water partition coefficient (Wildman–Crippen LogP) is -2.07. The number of aryl methyl sites for hydroxylation is 1. The molecule has 0 aromatic carbocycles. The number of aromatic nitrogens is 3. The van der Waals surface area contributed by atoms with E-state index in [0.29, 0.717) is 18.7 Å². The van der Waals surface area contributed by atoms with Gasteiger partial charge in [-0.3, -0.25) is 9.48 Å². The van der Waals surface area contributed by atoms with E-state index in [1.165, 1.54) is 0 Å². The lowest BCUT2D eigenvalue weighted by Gasteiger charge is -2.41. The molecule has 12 nitrogen and oxygen atoms in total. The first-order valence-corrected chi connectivity index (χ1v) is 9.71. The van der Waals surface area contributed by atoms with E-state index in [2.05, 4.69) is 10.3 Å². The van der Waals surface area contributed by atoms with Gasteiger partial charge in [0.05, 0.1) is 31.4 Å². The third-order valence-corrected chi connectivity index (χ3v) is 4.53. The smallest absolute Gasteiger partial charge is 0.311 e. The highest BCUT2D eigenvalue weighted by molar-refractivity contribution is 5.75. The van der Waals surface area contributed by atoms with Gasteiger partial charge >= 0.3 is 5.97 Å². The van der Waals surface area contributed by atoms with Gasteiger partial charge in [-0.05, 0) is 20.8 Å². The van der Waals surface area contributed by atoms with Gasteiger partial charge in [0.2, 0.25) is 0 Å². The largest absolute Gasteiger partial charge is 0.465 e. The van der Waals surface area contributed by atoms with Crippen LogP contribution in [0.2, 0.25) is 0 Å². The summed E-state index contributed by atoms with van der Waals surface area (Å²) in [6.07, 6.45) is -6.76. The second kappa shape index (κ2) is 10.6. The first kappa shape index (κ1) is 24.6. The zero-order valence-corrected chi connectivity index (χ0v) is 17.3. The van der Waals surface area contributed by atoms with E-state index in [9.17, 15) is 25.2 Å². The zero-order valence-electron chi connectivity index (χ0n) is 17.3. The lowest BCUT2D eigenvalue weighted by atomic mass is 9.95. The summed E-state index contributed by atoms with van der Waals surface area (Å²) in [5.74, 6) is -0.279. The summed E-state index contributed by atoms with van der Waals surface area (Å²) in [4.78, 5) is 11.7. The normalized spacial score (nSPS) is 28.3. The molecule has 1 fully saturated rings. The molecule has 1 aromatic rings. The van der Waals surface area contributed by atoms with Crippen molar-refractivity contribution in [2.24, 2.45) is 5.41 Å². The summed E-state index contributed by atoms with van der Waals surface area (Å²) >= 11 is 0. The molecule has 0 radical (unpaired) electrons. The third-order valence-electron chi connectivity index (χ3n) is 4.53. The number of hydrogen-bond acceptors (Lipinski definition) is 11. The maximum absolute atomic E-state index is 11.7. The molecule has 0 spiro atoms. The van der Waals surface area contributed by atoms with Crippen molar-refractivity contribution in [2.75, 3.05) is 13.2 Å². The van der Waals surface area contributed by atoms with Crippen molar-refractivity contribution in [3.05, 3.63) is 11.9 Å². The molecule has 2 rings (SSSR count). The van der Waals surface area contributed by atoms with Gasteiger partial charge in [0.1, 0.15) is 36.2 Å². The fourth-order valence-electron chi connectivity index (χ4n) is 2.72. The molecule has 12 heteroatoms. The van der Waals surface area contributed by atoms with Gasteiger partial charge in [-0.2, -0.15) is 0 Å². The van der Waals surface area contributed by atoms with E-state index in [4.69, 9.17) is 19.3 Å². The maximum atomic E-state index is 11.7. The Kier molecular flexibility index (Phi) is 8.67. The Hall–Kier alpha value is -1.67. The average Bonchev–Trinajstić information content (AvgIpc) is 3.15. The minimum absolute atomic E-state index is 0.120. The average molecular weight is 433 g/mol. The lowest BCUT2D eigenvalue weighted by molar-refractivity contribution is -0.314.